The second-order valence-electron chi connectivity index (χ2n) is 7.96. The maximum absolute atomic E-state index is 6.37. The van der Waals surface area contributed by atoms with Crippen molar-refractivity contribution in [3.8, 4) is 0 Å². The van der Waals surface area contributed by atoms with Gasteiger partial charge in [-0.3, -0.25) is 14.9 Å². The molecule has 0 amide bonds. The van der Waals surface area contributed by atoms with Crippen LogP contribution in [0, 0.1) is 0 Å². The number of nitrogens with one attached hydrogen (secondary N) is 2. The van der Waals surface area contributed by atoms with Crippen molar-refractivity contribution in [2.75, 3.05) is 39.4 Å². The third kappa shape index (κ3) is 5.56. The fourth-order valence-corrected chi connectivity index (χ4v) is 3.78. The van der Waals surface area contributed by atoms with E-state index in [9.17, 15) is 0 Å². The summed E-state index contributed by atoms with van der Waals surface area (Å²) in [7, 11) is 0. The first-order chi connectivity index (χ1) is 15.1. The monoisotopic (exact) mass is 425 g/mol. The summed E-state index contributed by atoms with van der Waals surface area (Å²) in [6, 6.07) is 1.85. The number of hydrogen-bond donors (Lipinski definition) is 2. The first kappa shape index (κ1) is 21.6. The SMILES string of the molecule is CC(C)OCCOC1(N2CCN(Cc3ncccn3)CC2)C=CC(c2cn[nH]c2)=CN1. The summed E-state index contributed by atoms with van der Waals surface area (Å²) in [5, 5.41) is 10.4. The molecule has 166 valence electrons. The molecule has 0 saturated carbocycles. The van der Waals surface area contributed by atoms with Gasteiger partial charge in [0.1, 0.15) is 5.82 Å². The van der Waals surface area contributed by atoms with E-state index < -0.39 is 5.85 Å². The number of H-pyrrole nitrogens is 1. The van der Waals surface area contributed by atoms with E-state index in [1.54, 1.807) is 12.4 Å². The molecule has 0 bridgehead atoms. The van der Waals surface area contributed by atoms with Crippen molar-refractivity contribution in [2.24, 2.45) is 0 Å². The van der Waals surface area contributed by atoms with Crippen LogP contribution in [0.2, 0.25) is 0 Å². The smallest absolute Gasteiger partial charge is 0.218 e. The molecule has 4 heterocycles. The molecule has 0 radical (unpaired) electrons. The number of hydrogen-bond acceptors (Lipinski definition) is 8. The number of rotatable bonds is 9. The van der Waals surface area contributed by atoms with E-state index in [1.165, 1.54) is 0 Å². The van der Waals surface area contributed by atoms with E-state index in [0.717, 1.165) is 49.7 Å². The lowest BCUT2D eigenvalue weighted by Crippen LogP contribution is -2.63. The maximum atomic E-state index is 6.37. The minimum Gasteiger partial charge on any atom is -0.376 e. The number of allylic oxidation sites excluding steroid dienone is 2. The maximum Gasteiger partial charge on any atom is 0.218 e. The second kappa shape index (κ2) is 10.1. The number of ether oxygens (including phenoxy) is 2. The fraction of sp³-hybridized carbons (Fsp3) is 0.500. The van der Waals surface area contributed by atoms with Crippen LogP contribution in [0.5, 0.6) is 0 Å². The summed E-state index contributed by atoms with van der Waals surface area (Å²) < 4.78 is 12.1. The third-order valence-electron chi connectivity index (χ3n) is 5.44. The van der Waals surface area contributed by atoms with Crippen LogP contribution in [-0.2, 0) is 16.0 Å². The molecular formula is C22H31N7O2. The summed E-state index contributed by atoms with van der Waals surface area (Å²) in [5.41, 5.74) is 2.10. The second-order valence-corrected chi connectivity index (χ2v) is 7.96. The Labute approximate surface area is 183 Å². The molecule has 2 N–H and O–H groups in total. The Kier molecular flexibility index (Phi) is 7.08. The molecule has 1 saturated heterocycles. The molecule has 31 heavy (non-hydrogen) atoms. The van der Waals surface area contributed by atoms with Gasteiger partial charge in [-0.1, -0.05) is 6.08 Å². The van der Waals surface area contributed by atoms with Crippen LogP contribution >= 0.6 is 0 Å². The number of dihydropyridines is 1. The Morgan fingerprint density at radius 1 is 1.13 bits per heavy atom. The molecule has 1 fully saturated rings. The molecule has 2 aromatic rings. The summed E-state index contributed by atoms with van der Waals surface area (Å²) in [4.78, 5) is 13.4. The Balaban J connectivity index is 1.40. The van der Waals surface area contributed by atoms with Crippen molar-refractivity contribution in [1.82, 2.24) is 35.3 Å². The van der Waals surface area contributed by atoms with Crippen molar-refractivity contribution in [1.29, 1.82) is 0 Å². The first-order valence-corrected chi connectivity index (χ1v) is 10.8. The van der Waals surface area contributed by atoms with Gasteiger partial charge in [-0.2, -0.15) is 5.10 Å². The van der Waals surface area contributed by atoms with Gasteiger partial charge in [0.2, 0.25) is 5.85 Å². The normalized spacial score (nSPS) is 22.5. The quantitative estimate of drug-likeness (QED) is 0.586. The molecule has 2 aliphatic heterocycles. The first-order valence-electron chi connectivity index (χ1n) is 10.8. The number of piperazine rings is 1. The third-order valence-corrected chi connectivity index (χ3v) is 5.44. The Morgan fingerprint density at radius 3 is 2.58 bits per heavy atom. The molecule has 1 atom stereocenters. The van der Waals surface area contributed by atoms with E-state index >= 15 is 0 Å². The standard InChI is InChI=1S/C22H31N7O2/c1-18(2)30-12-13-31-22(5-4-19(14-25-22)20-15-26-27-16-20)29-10-8-28(9-11-29)17-21-23-6-3-7-24-21/h3-7,14-16,18,25H,8-13,17H2,1-2H3,(H,26,27). The highest BCUT2D eigenvalue weighted by Crippen LogP contribution is 2.26. The Morgan fingerprint density at radius 2 is 1.94 bits per heavy atom. The summed E-state index contributed by atoms with van der Waals surface area (Å²) in [5.74, 6) is 0.166. The van der Waals surface area contributed by atoms with Gasteiger partial charge >= 0.3 is 0 Å². The van der Waals surface area contributed by atoms with Crippen LogP contribution in [0.3, 0.4) is 0 Å². The summed E-state index contributed by atoms with van der Waals surface area (Å²) in [6.07, 6.45) is 13.7. The van der Waals surface area contributed by atoms with Gasteiger partial charge in [-0.05, 0) is 26.0 Å². The van der Waals surface area contributed by atoms with Gasteiger partial charge in [-0.15, -0.1) is 0 Å². The molecule has 0 aliphatic carbocycles. The highest BCUT2D eigenvalue weighted by Gasteiger charge is 2.38. The van der Waals surface area contributed by atoms with E-state index in [0.29, 0.717) is 13.2 Å². The minimum absolute atomic E-state index is 0.186. The molecular weight excluding hydrogens is 394 g/mol. The predicted molar refractivity (Wildman–Crippen MR) is 117 cm³/mol. The van der Waals surface area contributed by atoms with E-state index in [1.807, 2.05) is 38.5 Å². The molecule has 2 aromatic heterocycles. The van der Waals surface area contributed by atoms with E-state index in [-0.39, 0.29) is 6.10 Å². The highest BCUT2D eigenvalue weighted by atomic mass is 16.6. The Bertz CT molecular complexity index is 861. The Hall–Kier alpha value is -2.59. The zero-order valence-electron chi connectivity index (χ0n) is 18.2. The topological polar surface area (TPSA) is 91.4 Å². The predicted octanol–water partition coefficient (Wildman–Crippen LogP) is 1.61. The van der Waals surface area contributed by atoms with Crippen LogP contribution in [0.15, 0.2) is 49.2 Å². The van der Waals surface area contributed by atoms with Crippen LogP contribution in [-0.4, -0.2) is 81.3 Å². The van der Waals surface area contributed by atoms with Gasteiger partial charge in [0.25, 0.3) is 0 Å². The van der Waals surface area contributed by atoms with Gasteiger partial charge in [0.05, 0.1) is 32.1 Å². The number of aromatic nitrogens is 4. The molecule has 9 heteroatoms. The molecule has 2 aliphatic rings. The van der Waals surface area contributed by atoms with Crippen molar-refractivity contribution in [3.63, 3.8) is 0 Å². The number of nitrogens with zero attached hydrogens (tertiary/aromatic N) is 5. The average molecular weight is 426 g/mol. The fourth-order valence-electron chi connectivity index (χ4n) is 3.78. The van der Waals surface area contributed by atoms with Crippen molar-refractivity contribution in [2.45, 2.75) is 32.3 Å². The average Bonchev–Trinajstić information content (AvgIpc) is 3.33. The largest absolute Gasteiger partial charge is 0.376 e. The lowest BCUT2D eigenvalue weighted by atomic mass is 10.1. The lowest BCUT2D eigenvalue weighted by Gasteiger charge is -2.46. The molecule has 0 spiro atoms. The number of aromatic amines is 1. The minimum atomic E-state index is -0.692. The lowest BCUT2D eigenvalue weighted by molar-refractivity contribution is -0.159. The van der Waals surface area contributed by atoms with Gasteiger partial charge in [0, 0.05) is 62.1 Å². The highest BCUT2D eigenvalue weighted by molar-refractivity contribution is 5.74. The summed E-state index contributed by atoms with van der Waals surface area (Å²) >= 11 is 0. The zero-order valence-corrected chi connectivity index (χ0v) is 18.2. The van der Waals surface area contributed by atoms with Crippen LogP contribution < -0.4 is 5.32 Å². The molecule has 4 rings (SSSR count). The molecule has 0 aromatic carbocycles. The van der Waals surface area contributed by atoms with Gasteiger partial charge in [0.15, 0.2) is 0 Å². The van der Waals surface area contributed by atoms with Crippen LogP contribution in [0.4, 0.5) is 0 Å². The van der Waals surface area contributed by atoms with E-state index in [4.69, 9.17) is 9.47 Å². The van der Waals surface area contributed by atoms with Gasteiger partial charge < -0.3 is 14.8 Å². The summed E-state index contributed by atoms with van der Waals surface area (Å²) in [6.45, 7) is 9.45. The molecule has 1 unspecified atom stereocenters. The van der Waals surface area contributed by atoms with Crippen LogP contribution in [0.25, 0.3) is 5.57 Å². The molecule has 9 nitrogen and oxygen atoms in total. The van der Waals surface area contributed by atoms with Crippen molar-refractivity contribution in [3.05, 3.63) is 60.6 Å². The van der Waals surface area contributed by atoms with Gasteiger partial charge in [-0.25, -0.2) is 9.97 Å². The van der Waals surface area contributed by atoms with Crippen molar-refractivity contribution < 1.29 is 9.47 Å². The van der Waals surface area contributed by atoms with Crippen molar-refractivity contribution >= 4 is 5.57 Å². The van der Waals surface area contributed by atoms with E-state index in [2.05, 4.69) is 47.4 Å². The van der Waals surface area contributed by atoms with Crippen LogP contribution in [0.1, 0.15) is 25.2 Å². The zero-order chi connectivity index (χ0) is 21.5.